The van der Waals surface area contributed by atoms with Gasteiger partial charge in [0.05, 0.1) is 6.04 Å². The van der Waals surface area contributed by atoms with E-state index in [9.17, 15) is 19.5 Å². The molecule has 3 atom stereocenters. The van der Waals surface area contributed by atoms with E-state index in [1.165, 1.54) is 4.90 Å². The standard InChI is InChI=1S/C22H30N4O4/c1-13(2)10-18(21(28)26-9-5-8-19(26)22(29)30)25-20(27)16(23)11-14-12-24-17-7-4-3-6-15(14)17/h3-4,6-7,12-13,16,18-19,24H,5,8-11,23H2,1-2H3,(H,25,27)(H,29,30)/t16-,18-,19-/m0/s1. The van der Waals surface area contributed by atoms with Gasteiger partial charge >= 0.3 is 5.97 Å². The Morgan fingerprint density at radius 3 is 2.73 bits per heavy atom. The first kappa shape index (κ1) is 21.8. The molecule has 3 rings (SSSR count). The number of benzene rings is 1. The van der Waals surface area contributed by atoms with Gasteiger partial charge in [0.25, 0.3) is 0 Å². The molecule has 0 bridgehead atoms. The van der Waals surface area contributed by atoms with Crippen molar-refractivity contribution in [1.29, 1.82) is 0 Å². The predicted molar refractivity (Wildman–Crippen MR) is 114 cm³/mol. The fraction of sp³-hybridized carbons (Fsp3) is 0.500. The van der Waals surface area contributed by atoms with Gasteiger partial charge in [0.2, 0.25) is 11.8 Å². The van der Waals surface area contributed by atoms with Gasteiger partial charge < -0.3 is 26.0 Å². The summed E-state index contributed by atoms with van der Waals surface area (Å²) in [6.45, 7) is 4.30. The zero-order valence-electron chi connectivity index (χ0n) is 17.4. The number of carboxylic acid groups (broad SMARTS) is 1. The third-order valence-corrected chi connectivity index (χ3v) is 5.59. The van der Waals surface area contributed by atoms with Gasteiger partial charge in [-0.25, -0.2) is 4.79 Å². The molecule has 1 aromatic heterocycles. The minimum Gasteiger partial charge on any atom is -0.480 e. The maximum absolute atomic E-state index is 13.0. The van der Waals surface area contributed by atoms with Crippen LogP contribution >= 0.6 is 0 Å². The van der Waals surface area contributed by atoms with Crippen LogP contribution in [0, 0.1) is 5.92 Å². The first-order chi connectivity index (χ1) is 14.3. The highest BCUT2D eigenvalue weighted by Crippen LogP contribution is 2.21. The summed E-state index contributed by atoms with van der Waals surface area (Å²) in [5, 5.41) is 13.2. The van der Waals surface area contributed by atoms with E-state index >= 15 is 0 Å². The van der Waals surface area contributed by atoms with Gasteiger partial charge in [-0.15, -0.1) is 0 Å². The molecule has 8 heteroatoms. The fourth-order valence-corrected chi connectivity index (χ4v) is 4.09. The minimum atomic E-state index is -1.01. The zero-order chi connectivity index (χ0) is 21.8. The molecule has 1 fully saturated rings. The number of nitrogens with zero attached hydrogens (tertiary/aromatic N) is 1. The van der Waals surface area contributed by atoms with Gasteiger partial charge in [0.15, 0.2) is 0 Å². The Morgan fingerprint density at radius 1 is 1.30 bits per heavy atom. The van der Waals surface area contributed by atoms with E-state index in [4.69, 9.17) is 5.73 Å². The van der Waals surface area contributed by atoms with Gasteiger partial charge in [0.1, 0.15) is 12.1 Å². The molecule has 162 valence electrons. The average Bonchev–Trinajstić information content (AvgIpc) is 3.34. The number of nitrogens with two attached hydrogens (primary N) is 1. The number of amides is 2. The normalized spacial score (nSPS) is 18.5. The second kappa shape index (κ2) is 9.30. The van der Waals surface area contributed by atoms with Crippen molar-refractivity contribution in [2.45, 2.75) is 57.7 Å². The smallest absolute Gasteiger partial charge is 0.326 e. The van der Waals surface area contributed by atoms with Crippen molar-refractivity contribution in [2.75, 3.05) is 6.54 Å². The molecule has 0 spiro atoms. The molecule has 0 aliphatic carbocycles. The molecule has 2 amide bonds. The average molecular weight is 415 g/mol. The third-order valence-electron chi connectivity index (χ3n) is 5.59. The van der Waals surface area contributed by atoms with E-state index in [1.54, 1.807) is 0 Å². The number of aliphatic carboxylic acids is 1. The molecule has 1 saturated heterocycles. The van der Waals surface area contributed by atoms with Crippen LogP contribution in [0.15, 0.2) is 30.5 Å². The summed E-state index contributed by atoms with van der Waals surface area (Å²) in [6, 6.07) is 5.35. The molecule has 30 heavy (non-hydrogen) atoms. The van der Waals surface area contributed by atoms with Crippen LogP contribution in [-0.2, 0) is 20.8 Å². The zero-order valence-corrected chi connectivity index (χ0v) is 17.4. The van der Waals surface area contributed by atoms with Crippen molar-refractivity contribution >= 4 is 28.7 Å². The summed E-state index contributed by atoms with van der Waals surface area (Å²) in [5.41, 5.74) is 8.07. The number of carboxylic acids is 1. The summed E-state index contributed by atoms with van der Waals surface area (Å²) in [4.78, 5) is 41.9. The van der Waals surface area contributed by atoms with E-state index in [0.29, 0.717) is 32.2 Å². The summed E-state index contributed by atoms with van der Waals surface area (Å²) < 4.78 is 0. The van der Waals surface area contributed by atoms with Crippen LogP contribution in [0.3, 0.4) is 0 Å². The molecule has 8 nitrogen and oxygen atoms in total. The van der Waals surface area contributed by atoms with E-state index in [0.717, 1.165) is 16.5 Å². The third kappa shape index (κ3) is 4.81. The number of aromatic amines is 1. The predicted octanol–water partition coefficient (Wildman–Crippen LogP) is 1.64. The second-order valence-electron chi connectivity index (χ2n) is 8.39. The molecule has 2 heterocycles. The van der Waals surface area contributed by atoms with E-state index in [1.807, 2.05) is 44.3 Å². The van der Waals surface area contributed by atoms with E-state index in [2.05, 4.69) is 10.3 Å². The van der Waals surface area contributed by atoms with Crippen molar-refractivity contribution in [2.24, 2.45) is 11.7 Å². The van der Waals surface area contributed by atoms with Crippen molar-refractivity contribution in [3.63, 3.8) is 0 Å². The largest absolute Gasteiger partial charge is 0.480 e. The van der Waals surface area contributed by atoms with Crippen molar-refractivity contribution in [3.8, 4) is 0 Å². The molecule has 1 aromatic carbocycles. The lowest BCUT2D eigenvalue weighted by Gasteiger charge is -2.29. The number of rotatable bonds is 8. The van der Waals surface area contributed by atoms with E-state index in [-0.39, 0.29) is 11.8 Å². The molecule has 1 aliphatic rings. The van der Waals surface area contributed by atoms with Gasteiger partial charge in [-0.1, -0.05) is 32.0 Å². The lowest BCUT2D eigenvalue weighted by atomic mass is 10.0. The van der Waals surface area contributed by atoms with Crippen molar-refractivity contribution in [3.05, 3.63) is 36.0 Å². The van der Waals surface area contributed by atoms with Crippen LogP contribution in [0.2, 0.25) is 0 Å². The Hall–Kier alpha value is -2.87. The molecule has 0 unspecified atom stereocenters. The number of likely N-dealkylation sites (tertiary alicyclic amines) is 1. The topological polar surface area (TPSA) is 129 Å². The van der Waals surface area contributed by atoms with Crippen LogP contribution < -0.4 is 11.1 Å². The Bertz CT molecular complexity index is 923. The summed E-state index contributed by atoms with van der Waals surface area (Å²) in [5.74, 6) is -1.62. The molecule has 0 saturated carbocycles. The number of hydrogen-bond donors (Lipinski definition) is 4. The van der Waals surface area contributed by atoms with E-state index < -0.39 is 30.0 Å². The molecule has 5 N–H and O–H groups in total. The lowest BCUT2D eigenvalue weighted by molar-refractivity contribution is -0.149. The summed E-state index contributed by atoms with van der Waals surface area (Å²) >= 11 is 0. The molecule has 1 aliphatic heterocycles. The first-order valence-electron chi connectivity index (χ1n) is 10.4. The Morgan fingerprint density at radius 2 is 2.03 bits per heavy atom. The number of para-hydroxylation sites is 1. The number of aromatic nitrogens is 1. The SMILES string of the molecule is CC(C)C[C@H](NC(=O)[C@@H](N)Cc1c[nH]c2ccccc12)C(=O)N1CCC[C@H]1C(=O)O. The van der Waals surface area contributed by atoms with Crippen molar-refractivity contribution < 1.29 is 19.5 Å². The number of fused-ring (bicyclic) bond motifs is 1. The van der Waals surface area contributed by atoms with Crippen LogP contribution in [-0.4, -0.2) is 57.4 Å². The molecular weight excluding hydrogens is 384 g/mol. The van der Waals surface area contributed by atoms with Crippen LogP contribution in [0.25, 0.3) is 10.9 Å². The van der Waals surface area contributed by atoms with Gasteiger partial charge in [-0.2, -0.15) is 0 Å². The summed E-state index contributed by atoms with van der Waals surface area (Å²) in [6.07, 6.45) is 3.68. The van der Waals surface area contributed by atoms with Crippen LogP contribution in [0.1, 0.15) is 38.7 Å². The van der Waals surface area contributed by atoms with Gasteiger partial charge in [0, 0.05) is 23.6 Å². The monoisotopic (exact) mass is 414 g/mol. The lowest BCUT2D eigenvalue weighted by Crippen LogP contribution is -2.55. The maximum atomic E-state index is 13.0. The Labute approximate surface area is 175 Å². The van der Waals surface area contributed by atoms with Gasteiger partial charge in [-0.05, 0) is 43.2 Å². The van der Waals surface area contributed by atoms with Crippen LogP contribution in [0.4, 0.5) is 0 Å². The minimum absolute atomic E-state index is 0.148. The highest BCUT2D eigenvalue weighted by Gasteiger charge is 2.38. The van der Waals surface area contributed by atoms with Crippen LogP contribution in [0.5, 0.6) is 0 Å². The number of hydrogen-bond acceptors (Lipinski definition) is 4. The number of H-pyrrole nitrogens is 1. The number of carbonyl (C=O) groups is 3. The Balaban J connectivity index is 1.70. The highest BCUT2D eigenvalue weighted by atomic mass is 16.4. The fourth-order valence-electron chi connectivity index (χ4n) is 4.09. The Kier molecular flexibility index (Phi) is 6.77. The quantitative estimate of drug-likeness (QED) is 0.522. The maximum Gasteiger partial charge on any atom is 0.326 e. The highest BCUT2D eigenvalue weighted by molar-refractivity contribution is 5.92. The molecule has 2 aromatic rings. The second-order valence-corrected chi connectivity index (χ2v) is 8.39. The molecular formula is C22H30N4O4. The summed E-state index contributed by atoms with van der Waals surface area (Å²) in [7, 11) is 0. The van der Waals surface area contributed by atoms with Crippen molar-refractivity contribution in [1.82, 2.24) is 15.2 Å². The van der Waals surface area contributed by atoms with Gasteiger partial charge in [-0.3, -0.25) is 9.59 Å². The number of carbonyl (C=O) groups excluding carboxylic acids is 2. The molecule has 0 radical (unpaired) electrons. The number of nitrogens with one attached hydrogen (secondary N) is 2. The first-order valence-corrected chi connectivity index (χ1v) is 10.4.